The molecule has 0 aliphatic carbocycles. The van der Waals surface area contributed by atoms with Gasteiger partial charge < -0.3 is 14.4 Å². The smallest absolute Gasteiger partial charge is 0.237 e. The zero-order chi connectivity index (χ0) is 20.1. The molecule has 5 heteroatoms. The fraction of sp³-hybridized carbons (Fsp3) is 0.435. The van der Waals surface area contributed by atoms with Crippen LogP contribution in [-0.4, -0.2) is 50.1 Å². The second-order valence-electron chi connectivity index (χ2n) is 7.33. The summed E-state index contributed by atoms with van der Waals surface area (Å²) in [7, 11) is 5.24. The molecule has 2 unspecified atom stereocenters. The highest BCUT2D eigenvalue weighted by atomic mass is 16.5. The van der Waals surface area contributed by atoms with Gasteiger partial charge in [0.1, 0.15) is 11.5 Å². The van der Waals surface area contributed by atoms with E-state index in [1.165, 1.54) is 0 Å². The Morgan fingerprint density at radius 1 is 1.18 bits per heavy atom. The molecule has 28 heavy (non-hydrogen) atoms. The van der Waals surface area contributed by atoms with E-state index in [-0.39, 0.29) is 18.0 Å². The number of amides is 1. The average Bonchev–Trinajstić information content (AvgIpc) is 3.20. The maximum absolute atomic E-state index is 13.0. The number of hydrogen-bond donors (Lipinski definition) is 0. The standard InChI is InChI=1S/C23H30N2O3/c1-17(18-9-6-5-7-10-18)24(2)23(26)16-25-14-8-11-21(25)20-15-19(27-3)12-13-22(20)28-4/h5-7,9-10,12-13,15,17,21H,8,11,14,16H2,1-4H3. The van der Waals surface area contributed by atoms with E-state index in [0.717, 1.165) is 42.0 Å². The molecule has 2 atom stereocenters. The van der Waals surface area contributed by atoms with Crippen molar-refractivity contribution in [2.45, 2.75) is 31.8 Å². The molecule has 0 radical (unpaired) electrons. The number of ether oxygens (including phenoxy) is 2. The van der Waals surface area contributed by atoms with Crippen molar-refractivity contribution in [3.05, 3.63) is 59.7 Å². The van der Waals surface area contributed by atoms with Crippen LogP contribution < -0.4 is 9.47 Å². The fourth-order valence-electron chi connectivity index (χ4n) is 3.92. The minimum Gasteiger partial charge on any atom is -0.497 e. The highest BCUT2D eigenvalue weighted by Gasteiger charge is 2.31. The Kier molecular flexibility index (Phi) is 6.57. The minimum atomic E-state index is 0.0427. The number of methoxy groups -OCH3 is 2. The van der Waals surface area contributed by atoms with Crippen LogP contribution in [0.1, 0.15) is 43.0 Å². The lowest BCUT2D eigenvalue weighted by molar-refractivity contribution is -0.133. The van der Waals surface area contributed by atoms with Crippen LogP contribution >= 0.6 is 0 Å². The molecule has 1 fully saturated rings. The van der Waals surface area contributed by atoms with Gasteiger partial charge in [0.15, 0.2) is 0 Å². The van der Waals surface area contributed by atoms with Crippen molar-refractivity contribution in [1.82, 2.24) is 9.80 Å². The predicted molar refractivity (Wildman–Crippen MR) is 111 cm³/mol. The van der Waals surface area contributed by atoms with E-state index < -0.39 is 0 Å². The highest BCUT2D eigenvalue weighted by molar-refractivity contribution is 5.78. The van der Waals surface area contributed by atoms with Gasteiger partial charge in [0, 0.05) is 18.7 Å². The predicted octanol–water partition coefficient (Wildman–Crippen LogP) is 4.06. The maximum atomic E-state index is 13.0. The van der Waals surface area contributed by atoms with E-state index in [4.69, 9.17) is 9.47 Å². The SMILES string of the molecule is COc1ccc(OC)c(C2CCCN2CC(=O)N(C)C(C)c2ccccc2)c1. The molecule has 0 spiro atoms. The number of benzene rings is 2. The van der Waals surface area contributed by atoms with Crippen LogP contribution in [0.3, 0.4) is 0 Å². The van der Waals surface area contributed by atoms with Crippen LogP contribution in [-0.2, 0) is 4.79 Å². The van der Waals surface area contributed by atoms with E-state index in [9.17, 15) is 4.79 Å². The lowest BCUT2D eigenvalue weighted by Gasteiger charge is -2.30. The van der Waals surface area contributed by atoms with Gasteiger partial charge in [0.2, 0.25) is 5.91 Å². The van der Waals surface area contributed by atoms with Gasteiger partial charge in [-0.3, -0.25) is 9.69 Å². The Labute approximate surface area is 167 Å². The van der Waals surface area contributed by atoms with Crippen molar-refractivity contribution in [3.8, 4) is 11.5 Å². The van der Waals surface area contributed by atoms with Gasteiger partial charge in [-0.2, -0.15) is 0 Å². The van der Waals surface area contributed by atoms with Crippen LogP contribution in [0.15, 0.2) is 48.5 Å². The largest absolute Gasteiger partial charge is 0.497 e. The number of carbonyl (C=O) groups is 1. The topological polar surface area (TPSA) is 42.0 Å². The van der Waals surface area contributed by atoms with Crippen LogP contribution in [0.5, 0.6) is 11.5 Å². The molecule has 0 saturated carbocycles. The van der Waals surface area contributed by atoms with Gasteiger partial charge in [0.25, 0.3) is 0 Å². The number of carbonyl (C=O) groups excluding carboxylic acids is 1. The number of likely N-dealkylation sites (tertiary alicyclic amines) is 1. The summed E-state index contributed by atoms with van der Waals surface area (Å²) in [6.07, 6.45) is 2.07. The lowest BCUT2D eigenvalue weighted by atomic mass is 10.0. The quantitative estimate of drug-likeness (QED) is 0.724. The maximum Gasteiger partial charge on any atom is 0.237 e. The molecule has 0 aromatic heterocycles. The molecule has 2 aromatic carbocycles. The second kappa shape index (κ2) is 9.11. The number of hydrogen-bond acceptors (Lipinski definition) is 4. The van der Waals surface area contributed by atoms with Crippen molar-refractivity contribution in [1.29, 1.82) is 0 Å². The molecule has 1 aliphatic heterocycles. The van der Waals surface area contributed by atoms with Gasteiger partial charge in [-0.1, -0.05) is 30.3 Å². The Hall–Kier alpha value is -2.53. The molecule has 1 heterocycles. The van der Waals surface area contributed by atoms with Crippen LogP contribution in [0.25, 0.3) is 0 Å². The van der Waals surface area contributed by atoms with Crippen LogP contribution in [0.2, 0.25) is 0 Å². The first-order valence-corrected chi connectivity index (χ1v) is 9.81. The third-order valence-electron chi connectivity index (χ3n) is 5.75. The first-order chi connectivity index (χ1) is 13.5. The molecular weight excluding hydrogens is 352 g/mol. The highest BCUT2D eigenvalue weighted by Crippen LogP contribution is 2.38. The zero-order valence-electron chi connectivity index (χ0n) is 17.2. The van der Waals surface area contributed by atoms with Gasteiger partial charge in [-0.25, -0.2) is 0 Å². The van der Waals surface area contributed by atoms with E-state index in [1.54, 1.807) is 14.2 Å². The molecule has 1 amide bonds. The summed E-state index contributed by atoms with van der Waals surface area (Å²) in [5, 5.41) is 0. The number of rotatable bonds is 7. The molecular formula is C23H30N2O3. The molecule has 5 nitrogen and oxygen atoms in total. The summed E-state index contributed by atoms with van der Waals surface area (Å²) in [5.41, 5.74) is 2.23. The lowest BCUT2D eigenvalue weighted by Crippen LogP contribution is -2.39. The van der Waals surface area contributed by atoms with Crippen molar-refractivity contribution in [2.24, 2.45) is 0 Å². The summed E-state index contributed by atoms with van der Waals surface area (Å²) >= 11 is 0. The monoisotopic (exact) mass is 382 g/mol. The van der Waals surface area contributed by atoms with Gasteiger partial charge >= 0.3 is 0 Å². The summed E-state index contributed by atoms with van der Waals surface area (Å²) in [6, 6.07) is 16.2. The van der Waals surface area contributed by atoms with Crippen LogP contribution in [0, 0.1) is 0 Å². The Morgan fingerprint density at radius 3 is 2.61 bits per heavy atom. The van der Waals surface area contributed by atoms with Crippen molar-refractivity contribution in [2.75, 3.05) is 34.4 Å². The zero-order valence-corrected chi connectivity index (χ0v) is 17.2. The molecule has 150 valence electrons. The molecule has 3 rings (SSSR count). The molecule has 1 saturated heterocycles. The Balaban J connectivity index is 1.74. The molecule has 0 N–H and O–H groups in total. The van der Waals surface area contributed by atoms with Crippen LogP contribution in [0.4, 0.5) is 0 Å². The summed E-state index contributed by atoms with van der Waals surface area (Å²) in [5.74, 6) is 1.78. The average molecular weight is 383 g/mol. The van der Waals surface area contributed by atoms with Crippen molar-refractivity contribution < 1.29 is 14.3 Å². The second-order valence-corrected chi connectivity index (χ2v) is 7.33. The summed E-state index contributed by atoms with van der Waals surface area (Å²) < 4.78 is 11.0. The summed E-state index contributed by atoms with van der Waals surface area (Å²) in [6.45, 7) is 3.38. The van der Waals surface area contributed by atoms with Crippen molar-refractivity contribution in [3.63, 3.8) is 0 Å². The number of nitrogens with zero attached hydrogens (tertiary/aromatic N) is 2. The van der Waals surface area contributed by atoms with E-state index in [1.807, 2.05) is 48.3 Å². The van der Waals surface area contributed by atoms with E-state index in [0.29, 0.717) is 6.54 Å². The fourth-order valence-corrected chi connectivity index (χ4v) is 3.92. The Morgan fingerprint density at radius 2 is 1.93 bits per heavy atom. The van der Waals surface area contributed by atoms with Gasteiger partial charge in [-0.15, -0.1) is 0 Å². The van der Waals surface area contributed by atoms with Gasteiger partial charge in [-0.05, 0) is 50.1 Å². The third kappa shape index (κ3) is 4.30. The van der Waals surface area contributed by atoms with E-state index >= 15 is 0 Å². The Bertz CT molecular complexity index is 794. The molecule has 1 aliphatic rings. The first-order valence-electron chi connectivity index (χ1n) is 9.81. The van der Waals surface area contributed by atoms with Crippen molar-refractivity contribution >= 4 is 5.91 Å². The minimum absolute atomic E-state index is 0.0427. The number of likely N-dealkylation sites (N-methyl/N-ethyl adjacent to an activating group) is 1. The molecule has 2 aromatic rings. The summed E-state index contributed by atoms with van der Waals surface area (Å²) in [4.78, 5) is 17.1. The van der Waals surface area contributed by atoms with E-state index in [2.05, 4.69) is 24.0 Å². The first kappa shape index (κ1) is 20.2. The molecule has 0 bridgehead atoms. The van der Waals surface area contributed by atoms with Gasteiger partial charge in [0.05, 0.1) is 26.8 Å². The third-order valence-corrected chi connectivity index (χ3v) is 5.75. The normalized spacial score (nSPS) is 17.9.